The van der Waals surface area contributed by atoms with E-state index in [1.807, 2.05) is 0 Å². The molecule has 1 rings (SSSR count). The monoisotopic (exact) mass is 262 g/mol. The summed E-state index contributed by atoms with van der Waals surface area (Å²) in [5.41, 5.74) is 1.34. The van der Waals surface area contributed by atoms with Crippen LogP contribution >= 0.6 is 22.6 Å². The summed E-state index contributed by atoms with van der Waals surface area (Å²) in [4.78, 5) is 0. The van der Waals surface area contributed by atoms with Crippen molar-refractivity contribution in [2.45, 2.75) is 0 Å². The minimum Gasteiger partial charge on any atom is -0.298 e. The van der Waals surface area contributed by atoms with Gasteiger partial charge >= 0.3 is 0 Å². The van der Waals surface area contributed by atoms with Gasteiger partial charge in [-0.05, 0) is 34.7 Å². The van der Waals surface area contributed by atoms with Crippen LogP contribution in [-0.2, 0) is 0 Å². The van der Waals surface area contributed by atoms with Gasteiger partial charge < -0.3 is 0 Å². The molecule has 0 saturated heterocycles. The fourth-order valence-electron chi connectivity index (χ4n) is 0.893. The lowest BCUT2D eigenvalue weighted by atomic mass is 10.3. The van der Waals surface area contributed by atoms with Gasteiger partial charge in [0.05, 0.1) is 21.1 Å². The van der Waals surface area contributed by atoms with E-state index < -0.39 is 0 Å². The smallest absolute Gasteiger partial charge is 0.133 e. The summed E-state index contributed by atoms with van der Waals surface area (Å²) < 4.78 is 2.18. The van der Waals surface area contributed by atoms with E-state index in [9.17, 15) is 0 Å². The third kappa shape index (κ3) is 2.45. The number of halogens is 1. The molecule has 60 valence electrons. The van der Waals surface area contributed by atoms with Gasteiger partial charge in [-0.15, -0.1) is 0 Å². The number of hydrogen-bond acceptors (Lipinski definition) is 0. The summed E-state index contributed by atoms with van der Waals surface area (Å²) in [7, 11) is 6.52. The molecule has 0 heterocycles. The van der Waals surface area contributed by atoms with E-state index in [1.54, 1.807) is 0 Å². The Kier molecular flexibility index (Phi) is 2.54. The van der Waals surface area contributed by atoms with Crippen molar-refractivity contribution in [1.82, 2.24) is 4.48 Å². The molecule has 0 amide bonds. The van der Waals surface area contributed by atoms with Gasteiger partial charge in [-0.25, -0.2) is 0 Å². The van der Waals surface area contributed by atoms with Crippen LogP contribution in [0.3, 0.4) is 0 Å². The molecule has 0 fully saturated rings. The summed E-state index contributed by atoms with van der Waals surface area (Å²) in [6.07, 6.45) is 0. The maximum Gasteiger partial charge on any atom is 0.133 e. The highest BCUT2D eigenvalue weighted by molar-refractivity contribution is 14.1. The molecule has 11 heavy (non-hydrogen) atoms. The van der Waals surface area contributed by atoms with Crippen molar-refractivity contribution in [1.29, 1.82) is 0 Å². The maximum atomic E-state index is 2.34. The standard InChI is InChI=1S/C9H13IN/c1-11(2,3)9-6-4-5-8(10)7-9/h4-7H,1-3H3/q+1. The van der Waals surface area contributed by atoms with Gasteiger partial charge in [0.1, 0.15) is 5.69 Å². The average Bonchev–Trinajstić information content (AvgIpc) is 1.86. The molecule has 0 atom stereocenters. The second kappa shape index (κ2) is 3.11. The molecular formula is C9H13IN+. The Hall–Kier alpha value is -0.0900. The largest absolute Gasteiger partial charge is 0.298 e. The van der Waals surface area contributed by atoms with Gasteiger partial charge in [0.25, 0.3) is 0 Å². The van der Waals surface area contributed by atoms with Crippen molar-refractivity contribution in [2.75, 3.05) is 21.1 Å². The molecule has 0 unspecified atom stereocenters. The molecule has 1 aromatic carbocycles. The zero-order chi connectivity index (χ0) is 8.48. The summed E-state index contributed by atoms with van der Waals surface area (Å²) >= 11 is 2.34. The lowest BCUT2D eigenvalue weighted by Crippen LogP contribution is -2.34. The van der Waals surface area contributed by atoms with Gasteiger partial charge in [0, 0.05) is 9.64 Å². The third-order valence-electron chi connectivity index (χ3n) is 1.58. The van der Waals surface area contributed by atoms with Gasteiger partial charge in [0.15, 0.2) is 0 Å². The van der Waals surface area contributed by atoms with Crippen LogP contribution in [0.5, 0.6) is 0 Å². The van der Waals surface area contributed by atoms with Crippen molar-refractivity contribution in [3.63, 3.8) is 0 Å². The molecule has 0 radical (unpaired) electrons. The Labute approximate surface area is 81.8 Å². The van der Waals surface area contributed by atoms with Crippen LogP contribution in [0.4, 0.5) is 5.69 Å². The minimum atomic E-state index is 0.886. The van der Waals surface area contributed by atoms with Crippen molar-refractivity contribution in [3.05, 3.63) is 27.8 Å². The Balaban J connectivity index is 3.06. The zero-order valence-corrected chi connectivity index (χ0v) is 9.29. The summed E-state index contributed by atoms with van der Waals surface area (Å²) in [5.74, 6) is 0. The lowest BCUT2D eigenvalue weighted by Gasteiger charge is -2.23. The molecule has 0 aromatic heterocycles. The Morgan fingerprint density at radius 3 is 2.18 bits per heavy atom. The van der Waals surface area contributed by atoms with Crippen molar-refractivity contribution in [3.8, 4) is 0 Å². The molecule has 1 nitrogen and oxygen atoms in total. The number of benzene rings is 1. The molecule has 0 aliphatic carbocycles. The molecule has 0 N–H and O–H groups in total. The highest BCUT2D eigenvalue weighted by Gasteiger charge is 2.10. The third-order valence-corrected chi connectivity index (χ3v) is 2.25. The van der Waals surface area contributed by atoms with Crippen LogP contribution in [0, 0.1) is 3.57 Å². The number of nitrogens with zero attached hydrogens (tertiary/aromatic N) is 1. The molecule has 0 bridgehead atoms. The van der Waals surface area contributed by atoms with E-state index in [2.05, 4.69) is 68.0 Å². The molecule has 2 heteroatoms. The molecule has 0 spiro atoms. The number of hydrogen-bond donors (Lipinski definition) is 0. The van der Waals surface area contributed by atoms with Crippen LogP contribution in [0.15, 0.2) is 24.3 Å². The van der Waals surface area contributed by atoms with Gasteiger partial charge in [-0.3, -0.25) is 4.48 Å². The van der Waals surface area contributed by atoms with Gasteiger partial charge in [-0.1, -0.05) is 6.07 Å². The van der Waals surface area contributed by atoms with E-state index in [1.165, 1.54) is 9.26 Å². The SMILES string of the molecule is C[N+](C)(C)c1cccc(I)c1. The van der Waals surface area contributed by atoms with E-state index in [0.717, 1.165) is 4.48 Å². The Morgan fingerprint density at radius 2 is 1.82 bits per heavy atom. The van der Waals surface area contributed by atoms with Gasteiger partial charge in [0.2, 0.25) is 0 Å². The molecular weight excluding hydrogens is 249 g/mol. The summed E-state index contributed by atoms with van der Waals surface area (Å²) in [6.45, 7) is 0. The van der Waals surface area contributed by atoms with Crippen LogP contribution in [0.25, 0.3) is 0 Å². The van der Waals surface area contributed by atoms with E-state index in [-0.39, 0.29) is 0 Å². The fraction of sp³-hybridized carbons (Fsp3) is 0.333. The van der Waals surface area contributed by atoms with Crippen LogP contribution in [-0.4, -0.2) is 21.1 Å². The topological polar surface area (TPSA) is 0 Å². The summed E-state index contributed by atoms with van der Waals surface area (Å²) in [5, 5.41) is 0. The maximum absolute atomic E-state index is 2.34. The molecule has 0 saturated carbocycles. The first-order valence-corrected chi connectivity index (χ1v) is 4.65. The predicted molar refractivity (Wildman–Crippen MR) is 58.7 cm³/mol. The molecule has 1 aromatic rings. The number of rotatable bonds is 1. The summed E-state index contributed by atoms with van der Waals surface area (Å²) in [6, 6.07) is 8.57. The van der Waals surface area contributed by atoms with E-state index in [0.29, 0.717) is 0 Å². The predicted octanol–water partition coefficient (Wildman–Crippen LogP) is 2.49. The van der Waals surface area contributed by atoms with E-state index >= 15 is 0 Å². The zero-order valence-electron chi connectivity index (χ0n) is 7.13. The normalized spacial score (nSPS) is 11.6. The second-order valence-electron chi connectivity index (χ2n) is 3.49. The molecule has 0 aliphatic rings. The van der Waals surface area contributed by atoms with Crippen LogP contribution in [0.2, 0.25) is 0 Å². The first kappa shape index (κ1) is 9.00. The minimum absolute atomic E-state index is 0.886. The highest BCUT2D eigenvalue weighted by atomic mass is 127. The van der Waals surface area contributed by atoms with Crippen molar-refractivity contribution >= 4 is 28.3 Å². The Morgan fingerprint density at radius 1 is 1.18 bits per heavy atom. The fourth-order valence-corrected chi connectivity index (χ4v) is 1.42. The van der Waals surface area contributed by atoms with E-state index in [4.69, 9.17) is 0 Å². The molecule has 0 aliphatic heterocycles. The van der Waals surface area contributed by atoms with Crippen LogP contribution in [0.1, 0.15) is 0 Å². The first-order chi connectivity index (χ1) is 5.00. The Bertz CT molecular complexity index is 250. The highest BCUT2D eigenvalue weighted by Crippen LogP contribution is 2.18. The van der Waals surface area contributed by atoms with Crippen molar-refractivity contribution in [2.24, 2.45) is 0 Å². The average molecular weight is 262 g/mol. The number of quaternary nitrogens is 1. The van der Waals surface area contributed by atoms with Gasteiger partial charge in [-0.2, -0.15) is 0 Å². The second-order valence-corrected chi connectivity index (χ2v) is 4.74. The first-order valence-electron chi connectivity index (χ1n) is 3.58. The van der Waals surface area contributed by atoms with Crippen LogP contribution < -0.4 is 4.48 Å². The quantitative estimate of drug-likeness (QED) is 0.539. The van der Waals surface area contributed by atoms with Crippen molar-refractivity contribution < 1.29 is 0 Å². The lowest BCUT2D eigenvalue weighted by molar-refractivity contribution is 0.486.